The lowest BCUT2D eigenvalue weighted by Gasteiger charge is -2.33. The Bertz CT molecular complexity index is 1130. The molecule has 2 atom stereocenters. The molecule has 0 unspecified atom stereocenters. The summed E-state index contributed by atoms with van der Waals surface area (Å²) in [7, 11) is 2.92. The van der Waals surface area contributed by atoms with Gasteiger partial charge in [0.2, 0.25) is 0 Å². The van der Waals surface area contributed by atoms with Crippen molar-refractivity contribution in [3.63, 3.8) is 0 Å². The first-order chi connectivity index (χ1) is 15.2. The van der Waals surface area contributed by atoms with Crippen molar-refractivity contribution in [2.45, 2.75) is 24.7 Å². The lowest BCUT2D eigenvalue weighted by molar-refractivity contribution is -0.173. The Labute approximate surface area is 193 Å². The third-order valence-electron chi connectivity index (χ3n) is 5.05. The molecule has 3 heterocycles. The molecular formula is C20H18BrF3N4O3S. The number of benzene rings is 1. The maximum atomic E-state index is 13.9. The van der Waals surface area contributed by atoms with Gasteiger partial charge in [0.25, 0.3) is 5.91 Å². The maximum Gasteiger partial charge on any atom is 0.410 e. The second-order valence-corrected chi connectivity index (χ2v) is 8.75. The van der Waals surface area contributed by atoms with E-state index in [0.717, 1.165) is 9.56 Å². The van der Waals surface area contributed by atoms with Gasteiger partial charge in [-0.05, 0) is 39.5 Å². The van der Waals surface area contributed by atoms with Crippen LogP contribution in [0.5, 0.6) is 11.5 Å². The number of nitrogens with zero attached hydrogens (tertiary/aromatic N) is 2. The number of carbonyl (C=O) groups excluding carboxylic acids is 1. The first-order valence-corrected chi connectivity index (χ1v) is 11.1. The van der Waals surface area contributed by atoms with Gasteiger partial charge in [-0.15, -0.1) is 11.3 Å². The van der Waals surface area contributed by atoms with Crippen molar-refractivity contribution < 1.29 is 27.4 Å². The van der Waals surface area contributed by atoms with Crippen LogP contribution in [0.3, 0.4) is 0 Å². The predicted octanol–water partition coefficient (Wildman–Crippen LogP) is 5.64. The van der Waals surface area contributed by atoms with Gasteiger partial charge in [0.05, 0.1) is 30.4 Å². The summed E-state index contributed by atoms with van der Waals surface area (Å²) in [5.41, 5.74) is 0.152. The fourth-order valence-electron chi connectivity index (χ4n) is 3.49. The van der Waals surface area contributed by atoms with E-state index in [1.54, 1.807) is 30.3 Å². The molecular weight excluding hydrogens is 513 g/mol. The minimum atomic E-state index is -4.54. The molecule has 0 saturated heterocycles. The van der Waals surface area contributed by atoms with Crippen molar-refractivity contribution in [1.82, 2.24) is 9.78 Å². The number of rotatable bonds is 5. The van der Waals surface area contributed by atoms with E-state index >= 15 is 0 Å². The summed E-state index contributed by atoms with van der Waals surface area (Å²) in [5.74, 6) is 0.277. The van der Waals surface area contributed by atoms with Crippen molar-refractivity contribution >= 4 is 44.7 Å². The van der Waals surface area contributed by atoms with E-state index in [-0.39, 0.29) is 22.4 Å². The third kappa shape index (κ3) is 4.16. The van der Waals surface area contributed by atoms with Gasteiger partial charge in [0.1, 0.15) is 17.3 Å². The highest BCUT2D eigenvalue weighted by Gasteiger charge is 2.48. The highest BCUT2D eigenvalue weighted by atomic mass is 79.9. The van der Waals surface area contributed by atoms with Gasteiger partial charge in [0, 0.05) is 17.4 Å². The minimum absolute atomic E-state index is 0.101. The summed E-state index contributed by atoms with van der Waals surface area (Å²) < 4.78 is 53.0. The number of anilines is 2. The average molecular weight is 531 g/mol. The SMILES string of the molecule is COc1ccc(NC(=O)c2nn3c(c2Br)N[C@H](c2cccs2)C[C@@H]3C(F)(F)F)c(OC)c1. The summed E-state index contributed by atoms with van der Waals surface area (Å²) in [4.78, 5) is 13.7. The molecule has 0 bridgehead atoms. The second-order valence-electron chi connectivity index (χ2n) is 6.98. The molecule has 4 rings (SSSR count). The quantitative estimate of drug-likeness (QED) is 0.446. The van der Waals surface area contributed by atoms with Crippen molar-refractivity contribution in [3.8, 4) is 11.5 Å². The van der Waals surface area contributed by atoms with E-state index < -0.39 is 24.2 Å². The van der Waals surface area contributed by atoms with Crippen LogP contribution in [-0.2, 0) is 0 Å². The molecule has 1 aromatic carbocycles. The van der Waals surface area contributed by atoms with Gasteiger partial charge in [-0.3, -0.25) is 4.79 Å². The average Bonchev–Trinajstić information content (AvgIpc) is 3.41. The molecule has 1 amide bonds. The largest absolute Gasteiger partial charge is 0.497 e. The number of halogens is 4. The highest BCUT2D eigenvalue weighted by molar-refractivity contribution is 9.10. The number of hydrogen-bond donors (Lipinski definition) is 2. The van der Waals surface area contributed by atoms with Crippen molar-refractivity contribution in [2.75, 3.05) is 24.9 Å². The summed E-state index contributed by atoms with van der Waals surface area (Å²) in [6.45, 7) is 0. The van der Waals surface area contributed by atoms with E-state index in [9.17, 15) is 18.0 Å². The van der Waals surface area contributed by atoms with E-state index in [1.807, 2.05) is 5.38 Å². The van der Waals surface area contributed by atoms with Crippen molar-refractivity contribution in [2.24, 2.45) is 0 Å². The number of hydrogen-bond acceptors (Lipinski definition) is 6. The van der Waals surface area contributed by atoms with Crippen LogP contribution in [0.15, 0.2) is 40.2 Å². The summed E-state index contributed by atoms with van der Waals surface area (Å²) in [5, 5.41) is 11.5. The molecule has 0 radical (unpaired) electrons. The number of fused-ring (bicyclic) bond motifs is 1. The molecule has 0 spiro atoms. The molecule has 7 nitrogen and oxygen atoms in total. The first-order valence-electron chi connectivity index (χ1n) is 9.41. The van der Waals surface area contributed by atoms with Crippen LogP contribution in [0, 0.1) is 0 Å². The minimum Gasteiger partial charge on any atom is -0.497 e. The first kappa shape index (κ1) is 22.5. The van der Waals surface area contributed by atoms with Crippen molar-refractivity contribution in [1.29, 1.82) is 0 Å². The van der Waals surface area contributed by atoms with Gasteiger partial charge in [-0.1, -0.05) is 6.07 Å². The van der Waals surface area contributed by atoms with Gasteiger partial charge >= 0.3 is 6.18 Å². The summed E-state index contributed by atoms with van der Waals surface area (Å²) in [6.07, 6.45) is -4.77. The van der Waals surface area contributed by atoms with Crippen LogP contribution in [0.2, 0.25) is 0 Å². The molecule has 32 heavy (non-hydrogen) atoms. The molecule has 0 aliphatic carbocycles. The number of carbonyl (C=O) groups is 1. The van der Waals surface area contributed by atoms with Crippen LogP contribution in [0.1, 0.15) is 33.9 Å². The Hall–Kier alpha value is -2.73. The number of amides is 1. The number of ether oxygens (including phenoxy) is 2. The fraction of sp³-hybridized carbons (Fsp3) is 0.300. The smallest absolute Gasteiger partial charge is 0.410 e. The van der Waals surface area contributed by atoms with Crippen LogP contribution < -0.4 is 20.1 Å². The Morgan fingerprint density at radius 2 is 2.09 bits per heavy atom. The summed E-state index contributed by atoms with van der Waals surface area (Å²) >= 11 is 4.64. The van der Waals surface area contributed by atoms with Crippen LogP contribution in [-0.4, -0.2) is 36.1 Å². The molecule has 0 fully saturated rings. The van der Waals surface area contributed by atoms with E-state index in [2.05, 4.69) is 31.7 Å². The highest BCUT2D eigenvalue weighted by Crippen LogP contribution is 2.47. The molecule has 3 aromatic rings. The van der Waals surface area contributed by atoms with E-state index in [0.29, 0.717) is 17.2 Å². The zero-order valence-electron chi connectivity index (χ0n) is 16.9. The maximum absolute atomic E-state index is 13.9. The summed E-state index contributed by atoms with van der Waals surface area (Å²) in [6, 6.07) is 5.90. The number of alkyl halides is 3. The Morgan fingerprint density at radius 3 is 2.72 bits per heavy atom. The molecule has 0 saturated carbocycles. The molecule has 170 valence electrons. The van der Waals surface area contributed by atoms with Crippen molar-refractivity contribution in [3.05, 3.63) is 50.8 Å². The Morgan fingerprint density at radius 1 is 1.31 bits per heavy atom. The molecule has 2 N–H and O–H groups in total. The van der Waals surface area contributed by atoms with Gasteiger partial charge in [-0.25, -0.2) is 4.68 Å². The zero-order chi connectivity index (χ0) is 23.0. The lowest BCUT2D eigenvalue weighted by Crippen LogP contribution is -2.35. The molecule has 1 aliphatic rings. The molecule has 2 aromatic heterocycles. The van der Waals surface area contributed by atoms with E-state index in [1.165, 1.54) is 25.6 Å². The number of methoxy groups -OCH3 is 2. The number of nitrogens with one attached hydrogen (secondary N) is 2. The predicted molar refractivity (Wildman–Crippen MR) is 118 cm³/mol. The van der Waals surface area contributed by atoms with Gasteiger partial charge < -0.3 is 20.1 Å². The second kappa shape index (κ2) is 8.66. The fourth-order valence-corrected chi connectivity index (χ4v) is 4.84. The number of thiophene rings is 1. The lowest BCUT2D eigenvalue weighted by atomic mass is 10.0. The molecule has 1 aliphatic heterocycles. The van der Waals surface area contributed by atoms with Crippen LogP contribution in [0.4, 0.5) is 24.7 Å². The Kier molecular flexibility index (Phi) is 6.08. The third-order valence-corrected chi connectivity index (χ3v) is 6.79. The van der Waals surface area contributed by atoms with Crippen LogP contribution in [0.25, 0.3) is 0 Å². The standard InChI is InChI=1S/C20H18BrF3N4O3S/c1-30-10-5-6-11(13(8-10)31-2)26-19(29)17-16(21)18-25-12(14-4-3-7-32-14)9-15(20(22,23)24)28(18)27-17/h3-8,12,15,25H,9H2,1-2H3,(H,26,29)/t12-,15+/m0/s1. The van der Waals surface area contributed by atoms with Gasteiger partial charge in [0.15, 0.2) is 11.7 Å². The van der Waals surface area contributed by atoms with Crippen LogP contribution >= 0.6 is 27.3 Å². The van der Waals surface area contributed by atoms with E-state index in [4.69, 9.17) is 9.47 Å². The molecule has 12 heteroatoms. The normalized spacial score (nSPS) is 17.9. The Balaban J connectivity index is 1.68. The monoisotopic (exact) mass is 530 g/mol. The topological polar surface area (TPSA) is 77.4 Å². The zero-order valence-corrected chi connectivity index (χ0v) is 19.3. The van der Waals surface area contributed by atoms with Gasteiger partial charge in [-0.2, -0.15) is 18.3 Å². The number of aromatic nitrogens is 2.